The highest BCUT2D eigenvalue weighted by Crippen LogP contribution is 2.46. The molecule has 1 aliphatic carbocycles. The average Bonchev–Trinajstić information content (AvgIpc) is 2.29. The summed E-state index contributed by atoms with van der Waals surface area (Å²) in [5, 5.41) is 65.8. The van der Waals surface area contributed by atoms with Gasteiger partial charge in [0.25, 0.3) is 11.5 Å². The highest BCUT2D eigenvalue weighted by atomic mass is 19.1. The zero-order valence-electron chi connectivity index (χ0n) is 46.0. The molecule has 446 valence electrons. The number of nitrogens with zero attached hydrogens (tertiary/aromatic N) is 2. The van der Waals surface area contributed by atoms with Crippen molar-refractivity contribution in [2.75, 3.05) is 46.2 Å². The van der Waals surface area contributed by atoms with Crippen molar-refractivity contribution < 1.29 is 87.1 Å². The third-order valence-corrected chi connectivity index (χ3v) is 15.1. The summed E-state index contributed by atoms with van der Waals surface area (Å²) in [7, 11) is 0. The van der Waals surface area contributed by atoms with E-state index in [0.717, 1.165) is 25.7 Å². The van der Waals surface area contributed by atoms with Gasteiger partial charge in [-0.15, -0.1) is 12.3 Å². The van der Waals surface area contributed by atoms with Gasteiger partial charge >= 0.3 is 12.1 Å². The fraction of sp³-hybridized carbons (Fsp3) is 0.509. The molecule has 2 aromatic carbocycles. The summed E-state index contributed by atoms with van der Waals surface area (Å²) < 4.78 is 49.7. The molecule has 25 nitrogen and oxygen atoms in total. The van der Waals surface area contributed by atoms with Crippen LogP contribution in [-0.4, -0.2) is 154 Å². The average molecular weight is 1160 g/mol. The standard InChI is InChI=1S/C57H68FN7O18/c1-5-7-8-9-10-11-29(3)79-27-44(68)59-16-17-60-52(73)33-18-31(12-15-41(33)82-54-51(72)50(71)49(70)42(23-66)83-54)24-81-56(76)61-21-43(67)62-28-78-26-45(69)63-38-14-13-32-30(4)37(58)20-39-46(32)47(38)34-22-65-40(48(34)64-39)19-36-35(53(65)74)25-80-55(75)57(36,77)6-2/h1,12,15,18-20,29,38,42,49-51,54,66,70-72,77H,6-11,13-14,16-17,21-28H2,2-4H3,(H,59,68)(H,60,73)(H,61,76)(H,62,67)(H,63,69)/t29?,38-,42+,49+,50-,51+,54-,57-/m0/s1. The van der Waals surface area contributed by atoms with Gasteiger partial charge in [-0.05, 0) is 86.4 Å². The van der Waals surface area contributed by atoms with Crippen LogP contribution in [0.5, 0.6) is 5.75 Å². The number of aliphatic hydroxyl groups is 5. The molecule has 2 aromatic heterocycles. The van der Waals surface area contributed by atoms with Crippen molar-refractivity contribution in [3.8, 4) is 29.5 Å². The molecule has 83 heavy (non-hydrogen) atoms. The van der Waals surface area contributed by atoms with Crippen LogP contribution in [0.2, 0.25) is 0 Å². The van der Waals surface area contributed by atoms with Gasteiger partial charge in [-0.1, -0.05) is 25.8 Å². The second-order valence-electron chi connectivity index (χ2n) is 20.7. The smallest absolute Gasteiger partial charge is 0.407 e. The second kappa shape index (κ2) is 27.2. The normalized spacial score (nSPS) is 21.5. The fourth-order valence-electron chi connectivity index (χ4n) is 10.5. The van der Waals surface area contributed by atoms with Gasteiger partial charge in [0, 0.05) is 42.1 Å². The number of pyridine rings is 2. The number of benzene rings is 2. The van der Waals surface area contributed by atoms with Crippen molar-refractivity contribution in [3.63, 3.8) is 0 Å². The minimum absolute atomic E-state index is 0.00872. The van der Waals surface area contributed by atoms with E-state index in [0.29, 0.717) is 63.8 Å². The van der Waals surface area contributed by atoms with Gasteiger partial charge < -0.3 is 85.1 Å². The number of cyclic esters (lactones) is 1. The number of unbranched alkanes of at least 4 members (excludes halogenated alkanes) is 3. The number of aryl methyl sites for hydroxylation is 1. The predicted molar refractivity (Wildman–Crippen MR) is 289 cm³/mol. The summed E-state index contributed by atoms with van der Waals surface area (Å²) in [6.07, 6.45) is 0.770. The lowest BCUT2D eigenvalue weighted by atomic mass is 9.81. The number of hydrogen-bond donors (Lipinski definition) is 10. The number of alkyl carbamates (subject to hydrolysis) is 1. The van der Waals surface area contributed by atoms with Crippen LogP contribution in [0.15, 0.2) is 35.1 Å². The first-order chi connectivity index (χ1) is 39.8. The van der Waals surface area contributed by atoms with Crippen LogP contribution in [0.25, 0.3) is 22.3 Å². The molecule has 0 spiro atoms. The Hall–Kier alpha value is -7.61. The molecule has 4 aliphatic rings. The highest BCUT2D eigenvalue weighted by molar-refractivity contribution is 5.97. The molecule has 1 saturated heterocycles. The second-order valence-corrected chi connectivity index (χ2v) is 20.7. The summed E-state index contributed by atoms with van der Waals surface area (Å²) in [6, 6.07) is 6.20. The number of ether oxygens (including phenoxy) is 6. The Morgan fingerprint density at radius 2 is 1.73 bits per heavy atom. The number of terminal acetylenes is 1. The Bertz CT molecular complexity index is 3240. The van der Waals surface area contributed by atoms with E-state index in [1.165, 1.54) is 28.8 Å². The van der Waals surface area contributed by atoms with Crippen LogP contribution >= 0.6 is 0 Å². The molecule has 26 heteroatoms. The molecule has 0 bridgehead atoms. The maximum absolute atomic E-state index is 15.4. The van der Waals surface area contributed by atoms with Crippen LogP contribution in [0.1, 0.15) is 114 Å². The van der Waals surface area contributed by atoms with E-state index in [1.54, 1.807) is 19.9 Å². The van der Waals surface area contributed by atoms with E-state index in [1.807, 2.05) is 6.92 Å². The molecular weight excluding hydrogens is 1090 g/mol. The maximum Gasteiger partial charge on any atom is 0.407 e. The van der Waals surface area contributed by atoms with Crippen molar-refractivity contribution in [2.24, 2.45) is 0 Å². The molecule has 3 aliphatic heterocycles. The molecule has 8 rings (SSSR count). The highest BCUT2D eigenvalue weighted by Gasteiger charge is 2.47. The number of aromatic nitrogens is 2. The minimum atomic E-state index is -2.06. The van der Waals surface area contributed by atoms with E-state index >= 15 is 4.39 Å². The van der Waals surface area contributed by atoms with Crippen molar-refractivity contribution in [2.45, 2.75) is 140 Å². The van der Waals surface area contributed by atoms with Gasteiger partial charge in [0.1, 0.15) is 75.7 Å². The van der Waals surface area contributed by atoms with Crippen molar-refractivity contribution in [3.05, 3.63) is 91.0 Å². The van der Waals surface area contributed by atoms with E-state index in [9.17, 15) is 59.1 Å². The Morgan fingerprint density at radius 1 is 0.952 bits per heavy atom. The number of carbonyl (C=O) groups excluding carboxylic acids is 6. The van der Waals surface area contributed by atoms with E-state index < -0.39 is 123 Å². The number of hydrogen-bond acceptors (Lipinski definition) is 19. The fourth-order valence-corrected chi connectivity index (χ4v) is 10.5. The number of halogens is 1. The van der Waals surface area contributed by atoms with Crippen LogP contribution in [0.4, 0.5) is 9.18 Å². The van der Waals surface area contributed by atoms with Crippen molar-refractivity contribution in [1.82, 2.24) is 36.1 Å². The quantitative estimate of drug-likeness (QED) is 0.0166. The van der Waals surface area contributed by atoms with Crippen LogP contribution < -0.4 is 36.9 Å². The Kier molecular flexibility index (Phi) is 20.1. The summed E-state index contributed by atoms with van der Waals surface area (Å²) in [6.45, 7) is 1.87. The van der Waals surface area contributed by atoms with E-state index in [2.05, 4.69) is 32.5 Å². The number of carbonyl (C=O) groups is 6. The molecule has 5 heterocycles. The van der Waals surface area contributed by atoms with Gasteiger partial charge in [0.05, 0.1) is 53.3 Å². The third kappa shape index (κ3) is 13.7. The van der Waals surface area contributed by atoms with Gasteiger partial charge in [0.15, 0.2) is 5.60 Å². The van der Waals surface area contributed by atoms with E-state index in [4.69, 9.17) is 39.8 Å². The molecule has 0 saturated carbocycles. The maximum atomic E-state index is 15.4. The number of nitrogens with one attached hydrogen (secondary N) is 5. The van der Waals surface area contributed by atoms with Crippen LogP contribution in [-0.2, 0) is 74.6 Å². The topological polar surface area (TPSA) is 354 Å². The van der Waals surface area contributed by atoms with Gasteiger partial charge in [0.2, 0.25) is 24.0 Å². The first-order valence-electron chi connectivity index (χ1n) is 27.3. The monoisotopic (exact) mass is 1160 g/mol. The third-order valence-electron chi connectivity index (χ3n) is 15.1. The Balaban J connectivity index is 0.826. The lowest BCUT2D eigenvalue weighted by Gasteiger charge is -2.39. The van der Waals surface area contributed by atoms with E-state index in [-0.39, 0.29) is 73.4 Å². The summed E-state index contributed by atoms with van der Waals surface area (Å²) >= 11 is 0. The molecule has 8 atom stereocenters. The zero-order valence-corrected chi connectivity index (χ0v) is 46.0. The zero-order chi connectivity index (χ0) is 59.7. The van der Waals surface area contributed by atoms with Gasteiger partial charge in [-0.25, -0.2) is 19.0 Å². The summed E-state index contributed by atoms with van der Waals surface area (Å²) in [5.41, 5.74) is 1.11. The lowest BCUT2D eigenvalue weighted by Crippen LogP contribution is -2.60. The predicted octanol–water partition coefficient (Wildman–Crippen LogP) is 0.661. The summed E-state index contributed by atoms with van der Waals surface area (Å²) in [5.74, 6) is -1.37. The van der Waals surface area contributed by atoms with Crippen molar-refractivity contribution in [1.29, 1.82) is 0 Å². The van der Waals surface area contributed by atoms with Crippen LogP contribution in [0.3, 0.4) is 0 Å². The number of aliphatic hydroxyl groups excluding tert-OH is 4. The molecule has 10 N–H and O–H groups in total. The Labute approximate surface area is 475 Å². The molecule has 1 fully saturated rings. The molecule has 4 aromatic rings. The molecule has 0 radical (unpaired) electrons. The molecular formula is C57H68FN7O18. The molecule has 5 amide bonds. The Morgan fingerprint density at radius 3 is 2.49 bits per heavy atom. The number of fused-ring (bicyclic) bond motifs is 5. The number of amides is 5. The largest absolute Gasteiger partial charge is 0.461 e. The summed E-state index contributed by atoms with van der Waals surface area (Å²) in [4.78, 5) is 96.5. The number of rotatable bonds is 25. The van der Waals surface area contributed by atoms with Crippen molar-refractivity contribution >= 4 is 46.6 Å². The first kappa shape index (κ1) is 61.5. The lowest BCUT2D eigenvalue weighted by molar-refractivity contribution is -0.277. The van der Waals surface area contributed by atoms with Gasteiger partial charge in [-0.2, -0.15) is 0 Å². The SMILES string of the molecule is C#CCCCCCC(C)OCC(=O)NCCNC(=O)c1cc(COC(=O)NCC(=O)NCOCC(=O)N[C@H]2CCc3c(C)c(F)cc4nc5c(c2c34)Cn2c-5cc3c(c2=O)COC(=O)[C@]3(O)CC)ccc1O[C@H]1O[C@H](CO)[C@@H](O)[C@H](O)[C@H]1O. The van der Waals surface area contributed by atoms with Crippen LogP contribution in [0, 0.1) is 25.1 Å². The molecule has 1 unspecified atom stereocenters. The van der Waals surface area contributed by atoms with Gasteiger partial charge in [-0.3, -0.25) is 24.0 Å². The minimum Gasteiger partial charge on any atom is -0.461 e. The number of esters is 1. The first-order valence-corrected chi connectivity index (χ1v) is 27.3.